The van der Waals surface area contributed by atoms with Crippen molar-refractivity contribution in [3.63, 3.8) is 0 Å². The Balaban J connectivity index is 0.893. The monoisotopic (exact) mass is 770 g/mol. The molecule has 0 bridgehead atoms. The van der Waals surface area contributed by atoms with Crippen LogP contribution in [0.5, 0.6) is 0 Å². The number of Topliss-reactive ketones (excluding diaryl/α,β-unsaturated/α-hetero) is 3. The van der Waals surface area contributed by atoms with Crippen LogP contribution >= 0.6 is 0 Å². The van der Waals surface area contributed by atoms with Crippen LogP contribution < -0.4 is 5.73 Å². The zero-order chi connectivity index (χ0) is 38.9. The highest BCUT2D eigenvalue weighted by Gasteiger charge is 2.24. The first-order chi connectivity index (χ1) is 26.9. The normalized spacial score (nSPS) is 21.1. The van der Waals surface area contributed by atoms with Crippen LogP contribution in [0.2, 0.25) is 0 Å². The molecule has 55 heavy (non-hydrogen) atoms. The number of hydrogen-bond acceptors (Lipinski definition) is 8. The van der Waals surface area contributed by atoms with E-state index >= 15 is 0 Å². The smallest absolute Gasteiger partial charge is 0.134 e. The van der Waals surface area contributed by atoms with Crippen LogP contribution in [-0.2, 0) is 14.4 Å². The molecule has 0 aromatic heterocycles. The molecule has 4 aliphatic rings. The van der Waals surface area contributed by atoms with Gasteiger partial charge in [-0.15, -0.1) is 0 Å². The zero-order valence-corrected chi connectivity index (χ0v) is 36.0. The van der Waals surface area contributed by atoms with E-state index in [-0.39, 0.29) is 0 Å². The number of nitrogens with zero attached hydrogens (tertiary/aromatic N) is 4. The SMILES string of the molecule is CCCN1CCC(CCCC2CCN(CCC(=O)CCCCCC(=O)CCN3CCC(CCCC4CCN(CCC(=O)CCCCN)CC4)CC3)CC2)CC1. The molecule has 2 N–H and O–H groups in total. The zero-order valence-electron chi connectivity index (χ0n) is 36.0. The van der Waals surface area contributed by atoms with Gasteiger partial charge in [-0.2, -0.15) is 0 Å². The number of unbranched alkanes of at least 4 members (excludes halogenated alkanes) is 3. The number of nitrogens with two attached hydrogens (primary N) is 1. The van der Waals surface area contributed by atoms with E-state index in [1.807, 2.05) is 0 Å². The van der Waals surface area contributed by atoms with E-state index in [2.05, 4.69) is 26.5 Å². The Labute approximate surface area is 338 Å². The Kier molecular flexibility index (Phi) is 23.9. The largest absolute Gasteiger partial charge is 0.330 e. The molecule has 318 valence electrons. The van der Waals surface area contributed by atoms with E-state index in [1.54, 1.807) is 0 Å². The van der Waals surface area contributed by atoms with E-state index in [0.29, 0.717) is 62.4 Å². The molecule has 0 aromatic carbocycles. The molecule has 0 saturated carbocycles. The average molecular weight is 770 g/mol. The summed E-state index contributed by atoms with van der Waals surface area (Å²) in [5.74, 6) is 4.82. The van der Waals surface area contributed by atoms with Crippen molar-refractivity contribution < 1.29 is 14.4 Å². The molecular weight excluding hydrogens is 683 g/mol. The fourth-order valence-corrected chi connectivity index (χ4v) is 10.2. The van der Waals surface area contributed by atoms with Gasteiger partial charge in [-0.05, 0) is 173 Å². The number of hydrogen-bond donors (Lipinski definition) is 1. The molecule has 4 saturated heterocycles. The summed E-state index contributed by atoms with van der Waals surface area (Å²) in [5, 5.41) is 0. The van der Waals surface area contributed by atoms with Gasteiger partial charge in [0.15, 0.2) is 0 Å². The van der Waals surface area contributed by atoms with Gasteiger partial charge >= 0.3 is 0 Å². The van der Waals surface area contributed by atoms with Crippen LogP contribution in [0.1, 0.15) is 174 Å². The standard InChI is InChI=1S/C47H87N5O3/c1-2-29-49-30-17-41(18-31-49)10-8-11-42-19-32-50(33-20-42)38-25-45(53)14-4-3-5-15-46(54)26-39-51-34-21-43(22-35-51)12-9-13-44-23-36-52(37-24-44)40-27-47(55)16-6-7-28-48/h41-44H,2-40,48H2,1H3. The van der Waals surface area contributed by atoms with Crippen molar-refractivity contribution in [2.75, 3.05) is 85.1 Å². The van der Waals surface area contributed by atoms with Crippen molar-refractivity contribution in [1.29, 1.82) is 0 Å². The summed E-state index contributed by atoms with van der Waals surface area (Å²) in [4.78, 5) is 47.5. The number of carbonyl (C=O) groups is 3. The first-order valence-corrected chi connectivity index (χ1v) is 24.0. The minimum atomic E-state index is 0.406. The van der Waals surface area contributed by atoms with Gasteiger partial charge in [-0.1, -0.05) is 51.9 Å². The molecule has 8 heteroatoms. The third kappa shape index (κ3) is 20.4. The van der Waals surface area contributed by atoms with Crippen molar-refractivity contribution in [3.8, 4) is 0 Å². The van der Waals surface area contributed by atoms with Gasteiger partial charge in [0.25, 0.3) is 0 Å². The van der Waals surface area contributed by atoms with Gasteiger partial charge in [0, 0.05) is 58.2 Å². The molecule has 0 radical (unpaired) electrons. The maximum Gasteiger partial charge on any atom is 0.134 e. The number of carbonyl (C=O) groups excluding carboxylic acids is 3. The summed E-state index contributed by atoms with van der Waals surface area (Å²) in [6.07, 6.45) is 29.3. The quantitative estimate of drug-likeness (QED) is 0.0758. The van der Waals surface area contributed by atoms with E-state index in [9.17, 15) is 14.4 Å². The Hall–Kier alpha value is -1.19. The summed E-state index contributed by atoms with van der Waals surface area (Å²) in [5.41, 5.74) is 5.54. The van der Waals surface area contributed by atoms with E-state index in [4.69, 9.17) is 5.73 Å². The van der Waals surface area contributed by atoms with Crippen molar-refractivity contribution >= 4 is 17.3 Å². The minimum absolute atomic E-state index is 0.406. The Bertz CT molecular complexity index is 1020. The molecular formula is C47H87N5O3. The highest BCUT2D eigenvalue weighted by molar-refractivity contribution is 5.79. The molecule has 0 spiro atoms. The molecule has 4 fully saturated rings. The van der Waals surface area contributed by atoms with Gasteiger partial charge in [0.1, 0.15) is 17.3 Å². The van der Waals surface area contributed by atoms with Crippen molar-refractivity contribution in [1.82, 2.24) is 19.6 Å². The maximum atomic E-state index is 12.6. The topological polar surface area (TPSA) is 90.2 Å². The molecule has 0 amide bonds. The summed E-state index contributed by atoms with van der Waals surface area (Å²) in [6.45, 7) is 16.7. The van der Waals surface area contributed by atoms with Gasteiger partial charge in [-0.25, -0.2) is 0 Å². The third-order valence-corrected chi connectivity index (χ3v) is 14.3. The maximum absolute atomic E-state index is 12.6. The first kappa shape index (κ1) is 46.5. The predicted molar refractivity (Wildman–Crippen MR) is 230 cm³/mol. The van der Waals surface area contributed by atoms with Gasteiger partial charge in [-0.3, -0.25) is 14.4 Å². The van der Waals surface area contributed by atoms with Crippen LogP contribution in [-0.4, -0.2) is 122 Å². The van der Waals surface area contributed by atoms with Gasteiger partial charge < -0.3 is 25.3 Å². The molecule has 0 aromatic rings. The van der Waals surface area contributed by atoms with E-state index in [1.165, 1.54) is 129 Å². The van der Waals surface area contributed by atoms with Crippen LogP contribution in [0.3, 0.4) is 0 Å². The van der Waals surface area contributed by atoms with Crippen molar-refractivity contribution in [2.45, 2.75) is 174 Å². The van der Waals surface area contributed by atoms with E-state index in [0.717, 1.165) is 102 Å². The third-order valence-electron chi connectivity index (χ3n) is 14.3. The molecule has 8 nitrogen and oxygen atoms in total. The molecule has 4 heterocycles. The second-order valence-electron chi connectivity index (χ2n) is 18.7. The molecule has 0 unspecified atom stereocenters. The summed E-state index contributed by atoms with van der Waals surface area (Å²) in [7, 11) is 0. The Morgan fingerprint density at radius 2 is 0.691 bits per heavy atom. The summed E-state index contributed by atoms with van der Waals surface area (Å²) < 4.78 is 0. The average Bonchev–Trinajstić information content (AvgIpc) is 3.20. The lowest BCUT2D eigenvalue weighted by atomic mass is 9.86. The molecule has 0 aliphatic carbocycles. The number of ketones is 3. The fourth-order valence-electron chi connectivity index (χ4n) is 10.2. The number of piperidine rings is 4. The predicted octanol–water partition coefficient (Wildman–Crippen LogP) is 8.54. The minimum Gasteiger partial charge on any atom is -0.330 e. The van der Waals surface area contributed by atoms with Crippen molar-refractivity contribution in [3.05, 3.63) is 0 Å². The lowest BCUT2D eigenvalue weighted by Gasteiger charge is -2.33. The van der Waals surface area contributed by atoms with Crippen LogP contribution in [0.4, 0.5) is 0 Å². The lowest BCUT2D eigenvalue weighted by Crippen LogP contribution is -2.35. The second kappa shape index (κ2) is 28.3. The first-order valence-electron chi connectivity index (χ1n) is 24.0. The Morgan fingerprint density at radius 1 is 0.400 bits per heavy atom. The van der Waals surface area contributed by atoms with Gasteiger partial charge in [0.05, 0.1) is 0 Å². The lowest BCUT2D eigenvalue weighted by molar-refractivity contribution is -0.120. The Morgan fingerprint density at radius 3 is 0.982 bits per heavy atom. The summed E-state index contributed by atoms with van der Waals surface area (Å²) in [6, 6.07) is 0. The molecule has 4 aliphatic heterocycles. The van der Waals surface area contributed by atoms with E-state index < -0.39 is 0 Å². The number of rotatable bonds is 29. The van der Waals surface area contributed by atoms with Crippen LogP contribution in [0, 0.1) is 23.7 Å². The molecule has 4 rings (SSSR count). The summed E-state index contributed by atoms with van der Waals surface area (Å²) >= 11 is 0. The fraction of sp³-hybridized carbons (Fsp3) is 0.936. The number of likely N-dealkylation sites (tertiary alicyclic amines) is 4. The highest BCUT2D eigenvalue weighted by Crippen LogP contribution is 2.29. The van der Waals surface area contributed by atoms with Crippen molar-refractivity contribution in [2.24, 2.45) is 29.4 Å². The highest BCUT2D eigenvalue weighted by atomic mass is 16.1. The second-order valence-corrected chi connectivity index (χ2v) is 18.7. The van der Waals surface area contributed by atoms with Crippen LogP contribution in [0.15, 0.2) is 0 Å². The van der Waals surface area contributed by atoms with Gasteiger partial charge in [0.2, 0.25) is 0 Å². The molecule has 0 atom stereocenters. The van der Waals surface area contributed by atoms with Crippen LogP contribution in [0.25, 0.3) is 0 Å².